The number of carboxylic acids is 2. The first-order chi connectivity index (χ1) is 10.4. The van der Waals surface area contributed by atoms with Crippen LogP contribution in [0.3, 0.4) is 0 Å². The summed E-state index contributed by atoms with van der Waals surface area (Å²) in [6.45, 7) is 5.46. The van der Waals surface area contributed by atoms with Crippen LogP contribution in [-0.4, -0.2) is 22.2 Å². The number of carboxylic acid groups (broad SMARTS) is 2. The lowest BCUT2D eigenvalue weighted by Crippen LogP contribution is -2.39. The van der Waals surface area contributed by atoms with E-state index in [0.717, 1.165) is 51.4 Å². The van der Waals surface area contributed by atoms with Crippen molar-refractivity contribution in [2.45, 2.75) is 58.3 Å². The number of allylic oxidation sites excluding steroid dienone is 1. The van der Waals surface area contributed by atoms with Crippen molar-refractivity contribution in [3.8, 4) is 0 Å². The highest BCUT2D eigenvalue weighted by Crippen LogP contribution is 2.55. The number of rotatable bonds is 6. The number of hydrogen-bond acceptors (Lipinski definition) is 2. The summed E-state index contributed by atoms with van der Waals surface area (Å²) in [5.74, 6) is -1.56. The summed E-state index contributed by atoms with van der Waals surface area (Å²) in [5, 5.41) is 18.9. The monoisotopic (exact) mass is 306 g/mol. The Morgan fingerprint density at radius 1 is 0.955 bits per heavy atom. The zero-order valence-electron chi connectivity index (χ0n) is 13.3. The van der Waals surface area contributed by atoms with Gasteiger partial charge in [-0.2, -0.15) is 0 Å². The second-order valence-corrected chi connectivity index (χ2v) is 6.81. The minimum absolute atomic E-state index is 0.187. The smallest absolute Gasteiger partial charge is 0.331 e. The molecule has 0 radical (unpaired) electrons. The largest absolute Gasteiger partial charge is 0.478 e. The fourth-order valence-electron chi connectivity index (χ4n) is 4.56. The van der Waals surface area contributed by atoms with E-state index >= 15 is 0 Å². The molecule has 0 spiro atoms. The molecule has 2 aliphatic carbocycles. The topological polar surface area (TPSA) is 74.6 Å². The second kappa shape index (κ2) is 6.67. The number of carbonyl (C=O) groups is 2. The van der Waals surface area contributed by atoms with Gasteiger partial charge in [0, 0.05) is 16.6 Å². The highest BCUT2D eigenvalue weighted by molar-refractivity contribution is 5.90. The predicted molar refractivity (Wildman–Crippen MR) is 84.5 cm³/mol. The zero-order chi connectivity index (χ0) is 16.3. The van der Waals surface area contributed by atoms with Crippen LogP contribution in [0.1, 0.15) is 58.3 Å². The minimum Gasteiger partial charge on any atom is -0.478 e. The normalized spacial score (nSPS) is 21.2. The molecule has 0 unspecified atom stereocenters. The van der Waals surface area contributed by atoms with Gasteiger partial charge < -0.3 is 10.2 Å². The summed E-state index contributed by atoms with van der Waals surface area (Å²) in [5.41, 5.74) is -0.269. The molecular formula is C18H26O4. The van der Waals surface area contributed by atoms with E-state index in [-0.39, 0.29) is 23.0 Å². The van der Waals surface area contributed by atoms with E-state index in [9.17, 15) is 19.8 Å². The van der Waals surface area contributed by atoms with E-state index in [1.54, 1.807) is 13.0 Å². The molecule has 122 valence electrons. The standard InChI is InChI=1S/C18H26O4/c1-12(16(19)20)11-18(13(2)17(21)22,14-7-3-4-8-14)15-9-5-6-10-15/h11,14-15H,2-10H2,1H3,(H,19,20)(H,21,22). The van der Waals surface area contributed by atoms with Gasteiger partial charge in [-0.15, -0.1) is 0 Å². The van der Waals surface area contributed by atoms with Crippen molar-refractivity contribution in [1.82, 2.24) is 0 Å². The van der Waals surface area contributed by atoms with Gasteiger partial charge in [0.2, 0.25) is 0 Å². The lowest BCUT2D eigenvalue weighted by Gasteiger charge is -2.42. The molecule has 0 amide bonds. The van der Waals surface area contributed by atoms with Gasteiger partial charge in [-0.1, -0.05) is 38.3 Å². The molecule has 0 aliphatic heterocycles. The van der Waals surface area contributed by atoms with Crippen molar-refractivity contribution in [3.05, 3.63) is 23.8 Å². The van der Waals surface area contributed by atoms with Gasteiger partial charge >= 0.3 is 11.9 Å². The van der Waals surface area contributed by atoms with Crippen LogP contribution in [0.25, 0.3) is 0 Å². The molecule has 0 heterocycles. The van der Waals surface area contributed by atoms with Crippen LogP contribution in [-0.2, 0) is 9.59 Å². The summed E-state index contributed by atoms with van der Waals surface area (Å²) in [6.07, 6.45) is 9.95. The minimum atomic E-state index is -0.992. The predicted octanol–water partition coefficient (Wildman–Crippen LogP) is 4.02. The fourth-order valence-corrected chi connectivity index (χ4v) is 4.56. The third kappa shape index (κ3) is 2.96. The Bertz CT molecular complexity index is 475. The molecular weight excluding hydrogens is 280 g/mol. The Kier molecular flexibility index (Phi) is 5.09. The molecule has 4 heteroatoms. The molecule has 0 saturated heterocycles. The lowest BCUT2D eigenvalue weighted by atomic mass is 9.60. The average Bonchev–Trinajstić information content (AvgIpc) is 3.16. The zero-order valence-corrected chi connectivity index (χ0v) is 13.3. The summed E-state index contributed by atoms with van der Waals surface area (Å²) in [6, 6.07) is 0. The van der Waals surface area contributed by atoms with Crippen molar-refractivity contribution in [1.29, 1.82) is 0 Å². The molecule has 2 aliphatic rings. The average molecular weight is 306 g/mol. The second-order valence-electron chi connectivity index (χ2n) is 6.81. The van der Waals surface area contributed by atoms with Crippen molar-refractivity contribution >= 4 is 11.9 Å². The van der Waals surface area contributed by atoms with Gasteiger partial charge in [0.15, 0.2) is 0 Å². The van der Waals surface area contributed by atoms with Crippen molar-refractivity contribution < 1.29 is 19.8 Å². The first-order valence-electron chi connectivity index (χ1n) is 8.25. The Labute approximate surface area is 131 Å². The summed E-state index contributed by atoms with van der Waals surface area (Å²) >= 11 is 0. The van der Waals surface area contributed by atoms with E-state index in [1.807, 2.05) is 0 Å². The molecule has 2 fully saturated rings. The van der Waals surface area contributed by atoms with Crippen molar-refractivity contribution in [2.24, 2.45) is 17.3 Å². The Morgan fingerprint density at radius 3 is 1.68 bits per heavy atom. The fraction of sp³-hybridized carbons (Fsp3) is 0.667. The van der Waals surface area contributed by atoms with Crippen LogP contribution in [0.15, 0.2) is 23.8 Å². The van der Waals surface area contributed by atoms with Crippen LogP contribution in [0.4, 0.5) is 0 Å². The van der Waals surface area contributed by atoms with Gasteiger partial charge in [0.05, 0.1) is 0 Å². The van der Waals surface area contributed by atoms with E-state index in [1.165, 1.54) is 0 Å². The Balaban J connectivity index is 2.55. The highest BCUT2D eigenvalue weighted by atomic mass is 16.4. The quantitative estimate of drug-likeness (QED) is 0.727. The summed E-state index contributed by atoms with van der Waals surface area (Å²) in [7, 11) is 0. The van der Waals surface area contributed by atoms with Crippen molar-refractivity contribution in [3.63, 3.8) is 0 Å². The Hall–Kier alpha value is -1.58. The van der Waals surface area contributed by atoms with Crippen LogP contribution >= 0.6 is 0 Å². The third-order valence-corrected chi connectivity index (χ3v) is 5.63. The molecule has 0 aromatic carbocycles. The van der Waals surface area contributed by atoms with E-state index in [4.69, 9.17) is 0 Å². The molecule has 2 N–H and O–H groups in total. The first kappa shape index (κ1) is 16.8. The highest BCUT2D eigenvalue weighted by Gasteiger charge is 2.49. The van der Waals surface area contributed by atoms with Crippen LogP contribution in [0.5, 0.6) is 0 Å². The SMILES string of the molecule is C=C(C(=O)O)C(C=C(C)C(=O)O)(C1CCCC1)C1CCCC1. The van der Waals surface area contributed by atoms with Gasteiger partial charge in [-0.25, -0.2) is 9.59 Å². The van der Waals surface area contributed by atoms with Crippen LogP contribution in [0, 0.1) is 17.3 Å². The van der Waals surface area contributed by atoms with E-state index < -0.39 is 17.4 Å². The lowest BCUT2D eigenvalue weighted by molar-refractivity contribution is -0.135. The van der Waals surface area contributed by atoms with Gasteiger partial charge in [-0.3, -0.25) is 0 Å². The third-order valence-electron chi connectivity index (χ3n) is 5.63. The van der Waals surface area contributed by atoms with E-state index in [0.29, 0.717) is 0 Å². The van der Waals surface area contributed by atoms with Gasteiger partial charge in [0.1, 0.15) is 0 Å². The van der Waals surface area contributed by atoms with E-state index in [2.05, 4.69) is 6.58 Å². The maximum Gasteiger partial charge on any atom is 0.331 e. The maximum atomic E-state index is 11.7. The molecule has 0 atom stereocenters. The van der Waals surface area contributed by atoms with Crippen LogP contribution in [0.2, 0.25) is 0 Å². The van der Waals surface area contributed by atoms with Gasteiger partial charge in [0.25, 0.3) is 0 Å². The van der Waals surface area contributed by atoms with Crippen LogP contribution < -0.4 is 0 Å². The van der Waals surface area contributed by atoms with Gasteiger partial charge in [-0.05, 0) is 44.4 Å². The summed E-state index contributed by atoms with van der Waals surface area (Å²) < 4.78 is 0. The van der Waals surface area contributed by atoms with Crippen molar-refractivity contribution in [2.75, 3.05) is 0 Å². The molecule has 4 nitrogen and oxygen atoms in total. The molecule has 0 aromatic rings. The molecule has 2 rings (SSSR count). The maximum absolute atomic E-state index is 11.7. The molecule has 0 aromatic heterocycles. The number of hydrogen-bond donors (Lipinski definition) is 2. The number of aliphatic carboxylic acids is 2. The molecule has 2 saturated carbocycles. The molecule has 0 bridgehead atoms. The first-order valence-corrected chi connectivity index (χ1v) is 8.25. The summed E-state index contributed by atoms with van der Waals surface area (Å²) in [4.78, 5) is 23.1. The Morgan fingerprint density at radius 2 is 1.36 bits per heavy atom. The molecule has 22 heavy (non-hydrogen) atoms.